The lowest BCUT2D eigenvalue weighted by Gasteiger charge is -2.15. The average Bonchev–Trinajstić information content (AvgIpc) is 3.30. The number of benzene rings is 1. The molecule has 3 aromatic rings. The van der Waals surface area contributed by atoms with Gasteiger partial charge in [-0.25, -0.2) is 4.98 Å². The Hall–Kier alpha value is -3.00. The van der Waals surface area contributed by atoms with E-state index in [-0.39, 0.29) is 23.6 Å². The lowest BCUT2D eigenvalue weighted by atomic mass is 10.1. The summed E-state index contributed by atoms with van der Waals surface area (Å²) in [6, 6.07) is 10.9. The molecule has 0 bridgehead atoms. The second-order valence-corrected chi connectivity index (χ2v) is 6.21. The van der Waals surface area contributed by atoms with Gasteiger partial charge in [0.25, 0.3) is 11.8 Å². The first kappa shape index (κ1) is 16.8. The predicted octanol–water partition coefficient (Wildman–Crippen LogP) is 2.56. The first-order chi connectivity index (χ1) is 12.1. The molecule has 3 rings (SSSR count). The normalized spacial score (nSPS) is 11.8. The van der Waals surface area contributed by atoms with Crippen molar-refractivity contribution in [3.8, 4) is 0 Å². The fourth-order valence-corrected chi connectivity index (χ4v) is 2.94. The Kier molecular flexibility index (Phi) is 4.90. The number of anilines is 1. The second kappa shape index (κ2) is 7.27. The van der Waals surface area contributed by atoms with Crippen molar-refractivity contribution in [1.82, 2.24) is 20.1 Å². The quantitative estimate of drug-likeness (QED) is 0.736. The van der Waals surface area contributed by atoms with Crippen molar-refractivity contribution >= 4 is 28.3 Å². The summed E-state index contributed by atoms with van der Waals surface area (Å²) in [7, 11) is 1.53. The van der Waals surface area contributed by atoms with Gasteiger partial charge in [-0.2, -0.15) is 5.10 Å². The molecule has 2 heterocycles. The Labute approximate surface area is 148 Å². The van der Waals surface area contributed by atoms with Gasteiger partial charge in [-0.05, 0) is 12.5 Å². The predicted molar refractivity (Wildman–Crippen MR) is 95.9 cm³/mol. The van der Waals surface area contributed by atoms with Gasteiger partial charge in [-0.15, -0.1) is 11.3 Å². The standard InChI is InChI=1S/C17H17N5O2S/c1-11(12-6-4-3-5-7-12)22-14(10-13(21-22)15(23)18-2)16(24)20-17-19-8-9-25-17/h3-11H,1-2H3,(H,18,23)(H,19,20,24)/t11-/m0/s1. The van der Waals surface area contributed by atoms with Crippen molar-refractivity contribution < 1.29 is 9.59 Å². The lowest BCUT2D eigenvalue weighted by Crippen LogP contribution is -2.21. The van der Waals surface area contributed by atoms with Crippen molar-refractivity contribution in [2.75, 3.05) is 12.4 Å². The van der Waals surface area contributed by atoms with Gasteiger partial charge in [0.15, 0.2) is 10.8 Å². The molecule has 8 heteroatoms. The summed E-state index contributed by atoms with van der Waals surface area (Å²) in [4.78, 5) is 28.7. The van der Waals surface area contributed by atoms with Crippen LogP contribution in [0.15, 0.2) is 48.0 Å². The molecule has 0 radical (unpaired) electrons. The van der Waals surface area contributed by atoms with E-state index in [0.29, 0.717) is 10.8 Å². The van der Waals surface area contributed by atoms with Crippen molar-refractivity contribution in [1.29, 1.82) is 0 Å². The Morgan fingerprint density at radius 2 is 1.96 bits per heavy atom. The van der Waals surface area contributed by atoms with Gasteiger partial charge in [-0.1, -0.05) is 30.3 Å². The maximum absolute atomic E-state index is 12.7. The fourth-order valence-electron chi connectivity index (χ4n) is 2.42. The molecule has 0 saturated carbocycles. The maximum Gasteiger partial charge on any atom is 0.275 e. The van der Waals surface area contributed by atoms with Gasteiger partial charge in [-0.3, -0.25) is 19.6 Å². The van der Waals surface area contributed by atoms with Crippen molar-refractivity contribution in [3.05, 3.63) is 64.9 Å². The third kappa shape index (κ3) is 3.58. The number of carbonyl (C=O) groups excluding carboxylic acids is 2. The van der Waals surface area contributed by atoms with Crippen molar-refractivity contribution in [2.24, 2.45) is 0 Å². The summed E-state index contributed by atoms with van der Waals surface area (Å²) in [6.07, 6.45) is 1.61. The maximum atomic E-state index is 12.7. The van der Waals surface area contributed by atoms with E-state index >= 15 is 0 Å². The van der Waals surface area contributed by atoms with Crippen LogP contribution >= 0.6 is 11.3 Å². The molecule has 128 valence electrons. The second-order valence-electron chi connectivity index (χ2n) is 5.32. The van der Waals surface area contributed by atoms with Crippen LogP contribution in [-0.4, -0.2) is 33.6 Å². The SMILES string of the molecule is CNC(=O)c1cc(C(=O)Nc2nccs2)n([C@@H](C)c2ccccc2)n1. The van der Waals surface area contributed by atoms with Crippen LogP contribution < -0.4 is 10.6 Å². The van der Waals surface area contributed by atoms with Gasteiger partial charge in [0, 0.05) is 24.7 Å². The number of nitrogens with zero attached hydrogens (tertiary/aromatic N) is 3. The monoisotopic (exact) mass is 355 g/mol. The Morgan fingerprint density at radius 3 is 2.60 bits per heavy atom. The zero-order chi connectivity index (χ0) is 17.8. The van der Waals surface area contributed by atoms with E-state index in [1.807, 2.05) is 37.3 Å². The molecule has 0 unspecified atom stereocenters. The molecule has 0 saturated heterocycles. The number of carbonyl (C=O) groups is 2. The number of amides is 2. The fraction of sp³-hybridized carbons (Fsp3) is 0.176. The Morgan fingerprint density at radius 1 is 1.20 bits per heavy atom. The van der Waals surface area contributed by atoms with Crippen LogP contribution in [0.5, 0.6) is 0 Å². The van der Waals surface area contributed by atoms with Gasteiger partial charge in [0.2, 0.25) is 0 Å². The molecular formula is C17H17N5O2S. The van der Waals surface area contributed by atoms with Crippen LogP contribution in [-0.2, 0) is 0 Å². The van der Waals surface area contributed by atoms with E-state index in [4.69, 9.17) is 0 Å². The van der Waals surface area contributed by atoms with E-state index in [9.17, 15) is 9.59 Å². The largest absolute Gasteiger partial charge is 0.354 e. The summed E-state index contributed by atoms with van der Waals surface area (Å²) in [5.41, 5.74) is 1.47. The summed E-state index contributed by atoms with van der Waals surface area (Å²) in [5.74, 6) is -0.706. The topological polar surface area (TPSA) is 88.9 Å². The molecule has 2 aromatic heterocycles. The number of rotatable bonds is 5. The molecular weight excluding hydrogens is 338 g/mol. The van der Waals surface area contributed by atoms with Gasteiger partial charge in [0.05, 0.1) is 6.04 Å². The van der Waals surface area contributed by atoms with Crippen LogP contribution in [0.3, 0.4) is 0 Å². The minimum absolute atomic E-state index is 0.189. The number of aromatic nitrogens is 3. The highest BCUT2D eigenvalue weighted by Gasteiger charge is 2.23. The summed E-state index contributed by atoms with van der Waals surface area (Å²) >= 11 is 1.32. The molecule has 0 aliphatic heterocycles. The molecule has 0 aliphatic carbocycles. The molecule has 0 spiro atoms. The smallest absolute Gasteiger partial charge is 0.275 e. The third-order valence-corrected chi connectivity index (χ3v) is 4.42. The molecule has 1 atom stereocenters. The minimum Gasteiger partial charge on any atom is -0.354 e. The van der Waals surface area contributed by atoms with Crippen molar-refractivity contribution in [3.63, 3.8) is 0 Å². The van der Waals surface area contributed by atoms with Gasteiger partial charge in [0.1, 0.15) is 5.69 Å². The summed E-state index contributed by atoms with van der Waals surface area (Å²) < 4.78 is 1.56. The zero-order valence-electron chi connectivity index (χ0n) is 13.8. The average molecular weight is 355 g/mol. The van der Waals surface area contributed by atoms with E-state index in [2.05, 4.69) is 20.7 Å². The number of hydrogen-bond donors (Lipinski definition) is 2. The zero-order valence-corrected chi connectivity index (χ0v) is 14.6. The van der Waals surface area contributed by atoms with E-state index in [0.717, 1.165) is 5.56 Å². The van der Waals surface area contributed by atoms with Crippen LogP contribution in [0.1, 0.15) is 39.5 Å². The van der Waals surface area contributed by atoms with Crippen LogP contribution in [0.25, 0.3) is 0 Å². The highest BCUT2D eigenvalue weighted by atomic mass is 32.1. The Balaban J connectivity index is 1.99. The van der Waals surface area contributed by atoms with Crippen molar-refractivity contribution in [2.45, 2.75) is 13.0 Å². The van der Waals surface area contributed by atoms with Gasteiger partial charge < -0.3 is 5.32 Å². The van der Waals surface area contributed by atoms with E-state index < -0.39 is 0 Å². The van der Waals surface area contributed by atoms with E-state index in [1.54, 1.807) is 16.3 Å². The first-order valence-corrected chi connectivity index (χ1v) is 8.55. The molecule has 0 aliphatic rings. The van der Waals surface area contributed by atoms with Crippen LogP contribution in [0.4, 0.5) is 5.13 Å². The van der Waals surface area contributed by atoms with Crippen LogP contribution in [0, 0.1) is 0 Å². The molecule has 2 amide bonds. The molecule has 25 heavy (non-hydrogen) atoms. The first-order valence-electron chi connectivity index (χ1n) is 7.67. The number of nitrogens with one attached hydrogen (secondary N) is 2. The molecule has 2 N–H and O–H groups in total. The van der Waals surface area contributed by atoms with E-state index in [1.165, 1.54) is 24.5 Å². The molecule has 0 fully saturated rings. The number of hydrogen-bond acceptors (Lipinski definition) is 5. The third-order valence-electron chi connectivity index (χ3n) is 3.73. The highest BCUT2D eigenvalue weighted by Crippen LogP contribution is 2.21. The minimum atomic E-state index is -0.361. The van der Waals surface area contributed by atoms with Gasteiger partial charge >= 0.3 is 0 Å². The Bertz CT molecular complexity index is 874. The molecule has 7 nitrogen and oxygen atoms in total. The number of thiazole rings is 1. The highest BCUT2D eigenvalue weighted by molar-refractivity contribution is 7.13. The molecule has 1 aromatic carbocycles. The lowest BCUT2D eigenvalue weighted by molar-refractivity contribution is 0.0956. The summed E-state index contributed by atoms with van der Waals surface area (Å²) in [6.45, 7) is 1.93. The summed E-state index contributed by atoms with van der Waals surface area (Å²) in [5, 5.41) is 11.9. The van der Waals surface area contributed by atoms with Crippen LogP contribution in [0.2, 0.25) is 0 Å².